The van der Waals surface area contributed by atoms with Crippen molar-refractivity contribution in [2.75, 3.05) is 10.2 Å². The smallest absolute Gasteiger partial charge is 0.332 e. The predicted molar refractivity (Wildman–Crippen MR) is 144 cm³/mol. The van der Waals surface area contributed by atoms with E-state index in [1.54, 1.807) is 24.4 Å². The van der Waals surface area contributed by atoms with E-state index in [-0.39, 0.29) is 23.9 Å². The van der Waals surface area contributed by atoms with Crippen LogP contribution in [-0.2, 0) is 4.79 Å². The Morgan fingerprint density at radius 3 is 2.62 bits per heavy atom. The average molecular weight is 543 g/mol. The van der Waals surface area contributed by atoms with Crippen molar-refractivity contribution >= 4 is 56.6 Å². The first kappa shape index (κ1) is 24.4. The van der Waals surface area contributed by atoms with Gasteiger partial charge >= 0.3 is 6.03 Å². The molecule has 1 fully saturated rings. The molecule has 6 rings (SSSR count). The number of aromatic nitrogens is 4. The number of nitrogens with one attached hydrogen (secondary N) is 3. The van der Waals surface area contributed by atoms with E-state index in [4.69, 9.17) is 4.74 Å². The van der Waals surface area contributed by atoms with E-state index in [1.165, 1.54) is 47.2 Å². The molecule has 0 bridgehead atoms. The summed E-state index contributed by atoms with van der Waals surface area (Å²) in [7, 11) is 0. The Labute approximate surface area is 226 Å². The van der Waals surface area contributed by atoms with Crippen LogP contribution in [0.3, 0.4) is 0 Å². The normalized spacial score (nSPS) is 17.9. The second kappa shape index (κ2) is 10.1. The summed E-state index contributed by atoms with van der Waals surface area (Å²) in [5.41, 5.74) is 0.967. The van der Waals surface area contributed by atoms with Gasteiger partial charge in [-0.05, 0) is 43.5 Å². The number of carbonyl (C=O) groups is 3. The van der Waals surface area contributed by atoms with Gasteiger partial charge < -0.3 is 20.7 Å². The number of ether oxygens (including phenoxy) is 1. The van der Waals surface area contributed by atoms with Crippen LogP contribution in [-0.4, -0.2) is 49.9 Å². The van der Waals surface area contributed by atoms with Gasteiger partial charge in [-0.1, -0.05) is 6.58 Å². The Hall–Kier alpha value is -4.91. The van der Waals surface area contributed by atoms with E-state index < -0.39 is 6.03 Å². The molecule has 39 heavy (non-hydrogen) atoms. The van der Waals surface area contributed by atoms with Gasteiger partial charge in [-0.2, -0.15) is 0 Å². The maximum absolute atomic E-state index is 13.4. The summed E-state index contributed by atoms with van der Waals surface area (Å²) in [6.07, 6.45) is 11.1. The van der Waals surface area contributed by atoms with Crippen molar-refractivity contribution in [3.63, 3.8) is 0 Å². The first-order chi connectivity index (χ1) is 19.0. The average Bonchev–Trinajstić information content (AvgIpc) is 3.54. The third-order valence-electron chi connectivity index (χ3n) is 6.52. The largest absolute Gasteiger partial charge is 0.452 e. The van der Waals surface area contributed by atoms with Crippen molar-refractivity contribution in [2.24, 2.45) is 0 Å². The highest BCUT2D eigenvalue weighted by atomic mass is 32.1. The number of anilines is 3. The molecular weight excluding hydrogens is 520 g/mol. The van der Waals surface area contributed by atoms with Crippen molar-refractivity contribution in [1.82, 2.24) is 30.6 Å². The molecule has 0 saturated heterocycles. The molecule has 196 valence electrons. The summed E-state index contributed by atoms with van der Waals surface area (Å²) in [6.45, 7) is 3.49. The zero-order valence-electron chi connectivity index (χ0n) is 20.5. The minimum Gasteiger partial charge on any atom is -0.452 e. The van der Waals surface area contributed by atoms with Crippen LogP contribution in [0, 0.1) is 0 Å². The molecule has 13 heteroatoms. The monoisotopic (exact) mass is 542 g/mol. The number of pyridine rings is 2. The van der Waals surface area contributed by atoms with Crippen molar-refractivity contribution in [3.05, 3.63) is 66.8 Å². The van der Waals surface area contributed by atoms with Gasteiger partial charge in [0.1, 0.15) is 27.6 Å². The molecule has 2 aliphatic rings. The molecule has 0 spiro atoms. The number of carbonyl (C=O) groups excluding carboxylic acids is 3. The third-order valence-corrected chi connectivity index (χ3v) is 7.62. The maximum Gasteiger partial charge on any atom is 0.332 e. The molecule has 0 radical (unpaired) electrons. The Balaban J connectivity index is 1.27. The molecule has 0 unspecified atom stereocenters. The summed E-state index contributed by atoms with van der Waals surface area (Å²) in [5.74, 6) is 0.671. The maximum atomic E-state index is 13.4. The van der Waals surface area contributed by atoms with E-state index in [0.29, 0.717) is 43.8 Å². The fourth-order valence-electron chi connectivity index (χ4n) is 4.79. The molecular formula is C26H22N8O4S. The number of rotatable bonds is 7. The van der Waals surface area contributed by atoms with Gasteiger partial charge in [-0.25, -0.2) is 29.6 Å². The van der Waals surface area contributed by atoms with Crippen LogP contribution in [0.4, 0.5) is 22.0 Å². The lowest BCUT2D eigenvalue weighted by atomic mass is 10.1. The second-order valence-electron chi connectivity index (χ2n) is 8.94. The SMILES string of the molecule is C=CC(=O)N[C@H]1CCC[C@H]1NC(=O)c1sc2nccc3c2c1NC(=O)N3c1ccc(Oc2cncnc2)cn1. The van der Waals surface area contributed by atoms with Crippen LogP contribution in [0.5, 0.6) is 11.5 Å². The Kier molecular flexibility index (Phi) is 6.32. The lowest BCUT2D eigenvalue weighted by Crippen LogP contribution is -2.48. The van der Waals surface area contributed by atoms with Crippen LogP contribution in [0.25, 0.3) is 10.2 Å². The molecule has 1 aliphatic carbocycles. The highest BCUT2D eigenvalue weighted by Gasteiger charge is 2.35. The number of urea groups is 1. The Morgan fingerprint density at radius 1 is 1.08 bits per heavy atom. The molecule has 2 atom stereocenters. The van der Waals surface area contributed by atoms with E-state index in [2.05, 4.69) is 42.5 Å². The third kappa shape index (κ3) is 4.63. The van der Waals surface area contributed by atoms with Crippen molar-refractivity contribution < 1.29 is 19.1 Å². The molecule has 1 saturated carbocycles. The molecule has 5 heterocycles. The lowest BCUT2D eigenvalue weighted by Gasteiger charge is -2.27. The quantitative estimate of drug-likeness (QED) is 0.297. The number of hydrogen-bond acceptors (Lipinski definition) is 9. The van der Waals surface area contributed by atoms with E-state index in [1.807, 2.05) is 0 Å². The first-order valence-corrected chi connectivity index (χ1v) is 13.0. The summed E-state index contributed by atoms with van der Waals surface area (Å²) in [6, 6.07) is 4.19. The molecule has 4 aromatic rings. The highest BCUT2D eigenvalue weighted by Crippen LogP contribution is 2.45. The summed E-state index contributed by atoms with van der Waals surface area (Å²) < 4.78 is 5.69. The molecule has 3 N–H and O–H groups in total. The van der Waals surface area contributed by atoms with Gasteiger partial charge in [0.15, 0.2) is 5.75 Å². The van der Waals surface area contributed by atoms with Gasteiger partial charge in [0.2, 0.25) is 5.91 Å². The van der Waals surface area contributed by atoms with Crippen molar-refractivity contribution in [1.29, 1.82) is 0 Å². The first-order valence-electron chi connectivity index (χ1n) is 12.2. The topological polar surface area (TPSA) is 151 Å². The van der Waals surface area contributed by atoms with E-state index >= 15 is 0 Å². The van der Waals surface area contributed by atoms with Crippen LogP contribution in [0.15, 0.2) is 62.0 Å². The minimum atomic E-state index is -0.461. The van der Waals surface area contributed by atoms with Crippen LogP contribution < -0.4 is 25.6 Å². The number of nitrogens with zero attached hydrogens (tertiary/aromatic N) is 5. The van der Waals surface area contributed by atoms with Gasteiger partial charge in [0, 0.05) is 18.3 Å². The van der Waals surface area contributed by atoms with Gasteiger partial charge in [0.05, 0.1) is 35.4 Å². The van der Waals surface area contributed by atoms with E-state index in [9.17, 15) is 14.4 Å². The number of thiophene rings is 1. The predicted octanol–water partition coefficient (Wildman–Crippen LogP) is 3.91. The Morgan fingerprint density at radius 2 is 1.87 bits per heavy atom. The van der Waals surface area contributed by atoms with E-state index in [0.717, 1.165) is 19.3 Å². The molecule has 4 amide bonds. The Bertz CT molecular complexity index is 1590. The lowest BCUT2D eigenvalue weighted by molar-refractivity contribution is -0.117. The summed E-state index contributed by atoms with van der Waals surface area (Å²) >= 11 is 1.20. The minimum absolute atomic E-state index is 0.184. The molecule has 1 aliphatic heterocycles. The fraction of sp³-hybridized carbons (Fsp3) is 0.192. The van der Waals surface area contributed by atoms with Gasteiger partial charge in [-0.3, -0.25) is 9.59 Å². The molecule has 4 aromatic heterocycles. The number of hydrogen-bond donors (Lipinski definition) is 3. The molecule has 0 aromatic carbocycles. The standard InChI is InChI=1S/C26H22N8O4S/c1-2-20(35)31-16-4-3-5-17(16)32-24(36)23-22-21-18(8-9-29-25(21)39-23)34(26(37)33-22)19-7-6-14(12-30-19)38-15-10-27-13-28-11-15/h2,6-13,16-17H,1,3-5H2,(H,31,35)(H,32,36)(H,33,37)/t16-,17+/m0/s1. The van der Waals surface area contributed by atoms with Crippen LogP contribution in [0.2, 0.25) is 0 Å². The summed E-state index contributed by atoms with van der Waals surface area (Å²) in [4.78, 5) is 57.6. The van der Waals surface area contributed by atoms with Gasteiger partial charge in [0.25, 0.3) is 5.91 Å². The van der Waals surface area contributed by atoms with Crippen LogP contribution in [0.1, 0.15) is 28.9 Å². The zero-order valence-corrected chi connectivity index (χ0v) is 21.3. The summed E-state index contributed by atoms with van der Waals surface area (Å²) in [5, 5.41) is 9.42. The highest BCUT2D eigenvalue weighted by molar-refractivity contribution is 7.21. The fourth-order valence-corrected chi connectivity index (χ4v) is 5.81. The van der Waals surface area contributed by atoms with Crippen LogP contribution >= 0.6 is 11.3 Å². The van der Waals surface area contributed by atoms with Crippen molar-refractivity contribution in [2.45, 2.75) is 31.3 Å². The zero-order chi connectivity index (χ0) is 26.9. The van der Waals surface area contributed by atoms with Crippen molar-refractivity contribution in [3.8, 4) is 11.5 Å². The number of amides is 4. The molecule has 12 nitrogen and oxygen atoms in total. The second-order valence-corrected chi connectivity index (χ2v) is 9.94. The van der Waals surface area contributed by atoms with Gasteiger partial charge in [-0.15, -0.1) is 11.3 Å².